The molecule has 0 radical (unpaired) electrons. The van der Waals surface area contributed by atoms with Gasteiger partial charge in [-0.2, -0.15) is 0 Å². The lowest BCUT2D eigenvalue weighted by Crippen LogP contribution is -2.23. The summed E-state index contributed by atoms with van der Waals surface area (Å²) in [6.45, 7) is 0. The van der Waals surface area contributed by atoms with Crippen LogP contribution < -0.4 is 15.4 Å². The highest BCUT2D eigenvalue weighted by Crippen LogP contribution is 2.40. The predicted octanol–water partition coefficient (Wildman–Crippen LogP) is 0.816. The lowest BCUT2D eigenvalue weighted by Gasteiger charge is -2.08. The second-order valence-corrected chi connectivity index (χ2v) is 3.58. The van der Waals surface area contributed by atoms with Crippen LogP contribution in [0.25, 0.3) is 0 Å². The third-order valence-electron chi connectivity index (χ3n) is 2.66. The zero-order valence-corrected chi connectivity index (χ0v) is 9.31. The summed E-state index contributed by atoms with van der Waals surface area (Å²) in [6.07, 6.45) is 0. The summed E-state index contributed by atoms with van der Waals surface area (Å²) >= 11 is 0. The number of nitrogens with zero attached hydrogens (tertiary/aromatic N) is 1. The van der Waals surface area contributed by atoms with E-state index in [2.05, 4.69) is 10.6 Å². The van der Waals surface area contributed by atoms with E-state index in [1.165, 1.54) is 13.2 Å². The zero-order chi connectivity index (χ0) is 12.6. The van der Waals surface area contributed by atoms with Crippen LogP contribution in [0, 0.1) is 10.1 Å². The molecule has 0 saturated heterocycles. The Bertz CT molecular complexity index is 501. The Morgan fingerprint density at radius 3 is 2.76 bits per heavy atom. The topological polar surface area (TPSA) is 93.5 Å². The molecule has 0 fully saturated rings. The number of nitro groups is 1. The molecule has 2 rings (SSSR count). The fourth-order valence-corrected chi connectivity index (χ4v) is 1.87. The Morgan fingerprint density at radius 1 is 1.53 bits per heavy atom. The van der Waals surface area contributed by atoms with Crippen molar-refractivity contribution < 1.29 is 14.5 Å². The van der Waals surface area contributed by atoms with Gasteiger partial charge in [0.05, 0.1) is 18.1 Å². The van der Waals surface area contributed by atoms with E-state index in [0.717, 1.165) is 0 Å². The van der Waals surface area contributed by atoms with Gasteiger partial charge in [0, 0.05) is 5.56 Å². The number of likely N-dealkylation sites (N-methyl/N-ethyl adjacent to an activating group) is 1. The molecule has 7 heteroatoms. The summed E-state index contributed by atoms with van der Waals surface area (Å²) < 4.78 is 4.99. The SMILES string of the molecule is CNC1C(=O)Nc2c1cc(OC)cc2[N+](=O)[O-]. The molecule has 1 heterocycles. The number of hydrogen-bond donors (Lipinski definition) is 2. The van der Waals surface area contributed by atoms with Crippen molar-refractivity contribution in [2.75, 3.05) is 19.5 Å². The molecule has 0 bridgehead atoms. The summed E-state index contributed by atoms with van der Waals surface area (Å²) in [4.78, 5) is 22.0. The fraction of sp³-hybridized carbons (Fsp3) is 0.300. The lowest BCUT2D eigenvalue weighted by atomic mass is 10.1. The van der Waals surface area contributed by atoms with Crippen molar-refractivity contribution >= 4 is 17.3 Å². The largest absolute Gasteiger partial charge is 0.496 e. The number of methoxy groups -OCH3 is 1. The first kappa shape index (κ1) is 11.3. The molecule has 0 aromatic heterocycles. The Morgan fingerprint density at radius 2 is 2.24 bits per heavy atom. The normalized spacial score (nSPS) is 17.5. The molecule has 1 unspecified atom stereocenters. The van der Waals surface area contributed by atoms with Gasteiger partial charge in [-0.1, -0.05) is 0 Å². The molecular formula is C10H11N3O4. The predicted molar refractivity (Wildman–Crippen MR) is 60.1 cm³/mol. The number of hydrogen-bond acceptors (Lipinski definition) is 5. The molecule has 2 N–H and O–H groups in total. The Balaban J connectivity index is 2.63. The zero-order valence-electron chi connectivity index (χ0n) is 9.31. The maximum Gasteiger partial charge on any atom is 0.296 e. The van der Waals surface area contributed by atoms with Gasteiger partial charge in [-0.25, -0.2) is 0 Å². The maximum atomic E-state index is 11.6. The lowest BCUT2D eigenvalue weighted by molar-refractivity contribution is -0.384. The highest BCUT2D eigenvalue weighted by molar-refractivity contribution is 6.05. The molecule has 0 aliphatic carbocycles. The minimum absolute atomic E-state index is 0.162. The summed E-state index contributed by atoms with van der Waals surface area (Å²) in [6, 6.07) is 2.32. The molecule has 1 aliphatic heterocycles. The number of carbonyl (C=O) groups is 1. The molecule has 90 valence electrons. The molecule has 1 aromatic carbocycles. The van der Waals surface area contributed by atoms with Crippen LogP contribution in [0.1, 0.15) is 11.6 Å². The molecule has 1 aliphatic rings. The molecule has 1 atom stereocenters. The van der Waals surface area contributed by atoms with Gasteiger partial charge in [0.25, 0.3) is 5.69 Å². The van der Waals surface area contributed by atoms with Crippen LogP contribution >= 0.6 is 0 Å². The van der Waals surface area contributed by atoms with Gasteiger partial charge in [-0.05, 0) is 13.1 Å². The molecule has 1 aromatic rings. The molecular weight excluding hydrogens is 226 g/mol. The summed E-state index contributed by atoms with van der Waals surface area (Å²) in [5.74, 6) is 0.0473. The van der Waals surface area contributed by atoms with E-state index in [0.29, 0.717) is 11.3 Å². The molecule has 7 nitrogen and oxygen atoms in total. The first-order valence-corrected chi connectivity index (χ1v) is 4.93. The van der Waals surface area contributed by atoms with E-state index in [4.69, 9.17) is 4.74 Å². The number of carbonyl (C=O) groups excluding carboxylic acids is 1. The Kier molecular flexibility index (Phi) is 2.68. The number of nitro benzene ring substituents is 1. The molecule has 0 spiro atoms. The van der Waals surface area contributed by atoms with E-state index < -0.39 is 11.0 Å². The maximum absolute atomic E-state index is 11.6. The van der Waals surface area contributed by atoms with Gasteiger partial charge < -0.3 is 15.4 Å². The van der Waals surface area contributed by atoms with Gasteiger partial charge >= 0.3 is 0 Å². The average molecular weight is 237 g/mol. The Labute approximate surface area is 96.9 Å². The van der Waals surface area contributed by atoms with Crippen LogP contribution in [0.4, 0.5) is 11.4 Å². The first-order chi connectivity index (χ1) is 8.08. The van der Waals surface area contributed by atoms with Crippen molar-refractivity contribution in [2.45, 2.75) is 6.04 Å². The van der Waals surface area contributed by atoms with Crippen LogP contribution in [-0.2, 0) is 4.79 Å². The van der Waals surface area contributed by atoms with Crippen LogP contribution in [0.15, 0.2) is 12.1 Å². The third-order valence-corrected chi connectivity index (χ3v) is 2.66. The second kappa shape index (κ2) is 4.02. The standard InChI is InChI=1S/C10H11N3O4/c1-11-9-6-3-5(17-2)4-7(13(15)16)8(6)12-10(9)14/h3-4,9,11H,1-2H3,(H,12,14). The van der Waals surface area contributed by atoms with Crippen molar-refractivity contribution in [2.24, 2.45) is 0 Å². The number of fused-ring (bicyclic) bond motifs is 1. The smallest absolute Gasteiger partial charge is 0.296 e. The van der Waals surface area contributed by atoms with Crippen LogP contribution in [-0.4, -0.2) is 25.0 Å². The quantitative estimate of drug-likeness (QED) is 0.599. The number of benzene rings is 1. The van der Waals surface area contributed by atoms with E-state index in [9.17, 15) is 14.9 Å². The third kappa shape index (κ3) is 1.70. The summed E-state index contributed by atoms with van der Waals surface area (Å²) in [7, 11) is 3.04. The van der Waals surface area contributed by atoms with Crippen molar-refractivity contribution in [3.63, 3.8) is 0 Å². The van der Waals surface area contributed by atoms with Crippen molar-refractivity contribution in [1.82, 2.24) is 5.32 Å². The molecule has 0 saturated carbocycles. The van der Waals surface area contributed by atoms with Crippen LogP contribution in [0.3, 0.4) is 0 Å². The van der Waals surface area contributed by atoms with E-state index >= 15 is 0 Å². The van der Waals surface area contributed by atoms with E-state index in [-0.39, 0.29) is 17.3 Å². The van der Waals surface area contributed by atoms with E-state index in [1.807, 2.05) is 0 Å². The van der Waals surface area contributed by atoms with Crippen molar-refractivity contribution in [1.29, 1.82) is 0 Å². The first-order valence-electron chi connectivity index (χ1n) is 4.93. The van der Waals surface area contributed by atoms with Crippen LogP contribution in [0.5, 0.6) is 5.75 Å². The number of rotatable bonds is 3. The monoisotopic (exact) mass is 237 g/mol. The minimum atomic E-state index is -0.584. The molecule has 1 amide bonds. The van der Waals surface area contributed by atoms with Crippen molar-refractivity contribution in [3.8, 4) is 5.75 Å². The highest BCUT2D eigenvalue weighted by Gasteiger charge is 2.35. The van der Waals surface area contributed by atoms with Gasteiger partial charge in [-0.3, -0.25) is 14.9 Å². The average Bonchev–Trinajstić information content (AvgIpc) is 2.62. The van der Waals surface area contributed by atoms with Gasteiger partial charge in [0.1, 0.15) is 17.5 Å². The molecule has 17 heavy (non-hydrogen) atoms. The van der Waals surface area contributed by atoms with Gasteiger partial charge in [0.2, 0.25) is 5.91 Å². The van der Waals surface area contributed by atoms with E-state index in [1.54, 1.807) is 13.1 Å². The number of nitrogens with one attached hydrogen (secondary N) is 2. The van der Waals surface area contributed by atoms with Crippen LogP contribution in [0.2, 0.25) is 0 Å². The fourth-order valence-electron chi connectivity index (χ4n) is 1.87. The highest BCUT2D eigenvalue weighted by atomic mass is 16.6. The minimum Gasteiger partial charge on any atom is -0.496 e. The number of amides is 1. The van der Waals surface area contributed by atoms with Gasteiger partial charge in [-0.15, -0.1) is 0 Å². The second-order valence-electron chi connectivity index (χ2n) is 3.58. The van der Waals surface area contributed by atoms with Gasteiger partial charge in [0.15, 0.2) is 0 Å². The number of anilines is 1. The van der Waals surface area contributed by atoms with Crippen molar-refractivity contribution in [3.05, 3.63) is 27.8 Å². The summed E-state index contributed by atoms with van der Waals surface area (Å²) in [5.41, 5.74) is 0.606. The Hall–Kier alpha value is -2.15. The number of ether oxygens (including phenoxy) is 1. The summed E-state index contributed by atoms with van der Waals surface area (Å²) in [5, 5.41) is 16.2.